The molecule has 1 N–H and O–H groups in total. The van der Waals surface area contributed by atoms with Crippen LogP contribution >= 0.6 is 0 Å². The van der Waals surface area contributed by atoms with Crippen LogP contribution in [0.1, 0.15) is 37.8 Å². The van der Waals surface area contributed by atoms with Crippen molar-refractivity contribution in [1.82, 2.24) is 10.2 Å². The highest BCUT2D eigenvalue weighted by atomic mass is 19.1. The van der Waals surface area contributed by atoms with Crippen LogP contribution in [0.25, 0.3) is 0 Å². The molecule has 0 radical (unpaired) electrons. The summed E-state index contributed by atoms with van der Waals surface area (Å²) >= 11 is 0. The van der Waals surface area contributed by atoms with Gasteiger partial charge in [-0.15, -0.1) is 0 Å². The summed E-state index contributed by atoms with van der Waals surface area (Å²) in [6, 6.07) is 13.0. The molecule has 2 aromatic rings. The van der Waals surface area contributed by atoms with Crippen LogP contribution in [0.4, 0.5) is 4.39 Å². The number of carbonyl (C=O) groups is 2. The SMILES string of the molecule is CNC(=O)[C@H](C)N(Cc1ccccc1F)C(=O)COc1ccccc1C(C)C. The van der Waals surface area contributed by atoms with Crippen LogP contribution in [0.15, 0.2) is 48.5 Å². The molecule has 0 saturated heterocycles. The minimum atomic E-state index is -0.763. The first-order chi connectivity index (χ1) is 13.3. The second-order valence-electron chi connectivity index (χ2n) is 6.88. The highest BCUT2D eigenvalue weighted by Crippen LogP contribution is 2.26. The Morgan fingerprint density at radius 3 is 2.36 bits per heavy atom. The van der Waals surface area contributed by atoms with E-state index in [4.69, 9.17) is 4.74 Å². The van der Waals surface area contributed by atoms with E-state index in [0.717, 1.165) is 5.56 Å². The van der Waals surface area contributed by atoms with Crippen LogP contribution < -0.4 is 10.1 Å². The van der Waals surface area contributed by atoms with Gasteiger partial charge < -0.3 is 15.0 Å². The van der Waals surface area contributed by atoms with Gasteiger partial charge in [-0.05, 0) is 30.5 Å². The van der Waals surface area contributed by atoms with Crippen molar-refractivity contribution in [2.75, 3.05) is 13.7 Å². The summed E-state index contributed by atoms with van der Waals surface area (Å²) in [4.78, 5) is 26.3. The minimum Gasteiger partial charge on any atom is -0.483 e. The highest BCUT2D eigenvalue weighted by molar-refractivity contribution is 5.87. The van der Waals surface area contributed by atoms with Crippen LogP contribution in [0.5, 0.6) is 5.75 Å². The third-order valence-corrected chi connectivity index (χ3v) is 4.60. The summed E-state index contributed by atoms with van der Waals surface area (Å²) in [5.74, 6) is -0.268. The monoisotopic (exact) mass is 386 g/mol. The summed E-state index contributed by atoms with van der Waals surface area (Å²) < 4.78 is 19.8. The van der Waals surface area contributed by atoms with Gasteiger partial charge in [-0.1, -0.05) is 50.2 Å². The van der Waals surface area contributed by atoms with Gasteiger partial charge in [-0.3, -0.25) is 9.59 Å². The molecule has 0 unspecified atom stereocenters. The molecule has 1 atom stereocenters. The molecule has 5 nitrogen and oxygen atoms in total. The molecule has 0 fully saturated rings. The number of nitrogens with zero attached hydrogens (tertiary/aromatic N) is 1. The van der Waals surface area contributed by atoms with Gasteiger partial charge in [0.25, 0.3) is 5.91 Å². The molecule has 6 heteroatoms. The molecule has 2 aromatic carbocycles. The highest BCUT2D eigenvalue weighted by Gasteiger charge is 2.26. The lowest BCUT2D eigenvalue weighted by Gasteiger charge is -2.28. The maximum absolute atomic E-state index is 14.1. The van der Waals surface area contributed by atoms with Gasteiger partial charge in [0, 0.05) is 19.2 Å². The van der Waals surface area contributed by atoms with Gasteiger partial charge in [0.2, 0.25) is 5.91 Å². The van der Waals surface area contributed by atoms with Crippen molar-refractivity contribution in [2.45, 2.75) is 39.3 Å². The normalized spacial score (nSPS) is 11.8. The number of hydrogen-bond donors (Lipinski definition) is 1. The number of ether oxygens (including phenoxy) is 1. The summed E-state index contributed by atoms with van der Waals surface area (Å²) in [6.07, 6.45) is 0. The first-order valence-electron chi connectivity index (χ1n) is 9.31. The van der Waals surface area contributed by atoms with Crippen molar-refractivity contribution < 1.29 is 18.7 Å². The molecule has 0 aliphatic rings. The summed E-state index contributed by atoms with van der Waals surface area (Å²) in [6.45, 7) is 5.44. The van der Waals surface area contributed by atoms with Gasteiger partial charge in [-0.2, -0.15) is 0 Å². The Morgan fingerprint density at radius 1 is 1.07 bits per heavy atom. The van der Waals surface area contributed by atoms with Crippen LogP contribution in [-0.2, 0) is 16.1 Å². The number of halogens is 1. The number of hydrogen-bond acceptors (Lipinski definition) is 3. The van der Waals surface area contributed by atoms with E-state index in [1.807, 2.05) is 38.1 Å². The first-order valence-corrected chi connectivity index (χ1v) is 9.31. The molecule has 0 aliphatic heterocycles. The minimum absolute atomic E-state index is 0.0186. The van der Waals surface area contributed by atoms with Gasteiger partial charge in [0.15, 0.2) is 6.61 Å². The Bertz CT molecular complexity index is 823. The molecular weight excluding hydrogens is 359 g/mol. The van der Waals surface area contributed by atoms with E-state index >= 15 is 0 Å². The third kappa shape index (κ3) is 5.31. The predicted molar refractivity (Wildman–Crippen MR) is 107 cm³/mol. The average Bonchev–Trinajstić information content (AvgIpc) is 2.70. The Hall–Kier alpha value is -2.89. The van der Waals surface area contributed by atoms with Gasteiger partial charge in [0.1, 0.15) is 17.6 Å². The maximum atomic E-state index is 14.1. The van der Waals surface area contributed by atoms with Crippen molar-refractivity contribution in [3.63, 3.8) is 0 Å². The van der Waals surface area contributed by atoms with Gasteiger partial charge in [0.05, 0.1) is 0 Å². The molecule has 0 spiro atoms. The zero-order chi connectivity index (χ0) is 20.7. The van der Waals surface area contributed by atoms with Crippen molar-refractivity contribution in [2.24, 2.45) is 0 Å². The van der Waals surface area contributed by atoms with Crippen molar-refractivity contribution in [3.8, 4) is 5.75 Å². The van der Waals surface area contributed by atoms with Crippen LogP contribution in [0, 0.1) is 5.82 Å². The van der Waals surface area contributed by atoms with Gasteiger partial charge >= 0.3 is 0 Å². The smallest absolute Gasteiger partial charge is 0.261 e. The number of carbonyl (C=O) groups excluding carboxylic acids is 2. The maximum Gasteiger partial charge on any atom is 0.261 e. The Balaban J connectivity index is 2.19. The lowest BCUT2D eigenvalue weighted by molar-refractivity contribution is -0.142. The molecule has 2 amide bonds. The fourth-order valence-electron chi connectivity index (χ4n) is 2.91. The quantitative estimate of drug-likeness (QED) is 0.756. The standard InChI is InChI=1S/C22H27FN2O3/c1-15(2)18-10-6-8-12-20(18)28-14-21(26)25(16(3)22(27)24-4)13-17-9-5-7-11-19(17)23/h5-12,15-16H,13-14H2,1-4H3,(H,24,27)/t16-/m0/s1. The zero-order valence-electron chi connectivity index (χ0n) is 16.7. The van der Waals surface area contributed by atoms with Gasteiger partial charge in [-0.25, -0.2) is 4.39 Å². The molecule has 0 aliphatic carbocycles. The molecule has 0 aromatic heterocycles. The van der Waals surface area contributed by atoms with E-state index in [0.29, 0.717) is 11.3 Å². The summed E-state index contributed by atoms with van der Waals surface area (Å²) in [5.41, 5.74) is 1.34. The largest absolute Gasteiger partial charge is 0.483 e. The van der Waals surface area contributed by atoms with Crippen LogP contribution in [0.2, 0.25) is 0 Å². The Labute approximate surface area is 165 Å². The molecule has 0 saturated carbocycles. The van der Waals surface area contributed by atoms with E-state index in [-0.39, 0.29) is 25.0 Å². The van der Waals surface area contributed by atoms with Crippen molar-refractivity contribution in [3.05, 3.63) is 65.5 Å². The number of benzene rings is 2. The molecule has 150 valence electrons. The van der Waals surface area contributed by atoms with Crippen molar-refractivity contribution >= 4 is 11.8 Å². The lowest BCUT2D eigenvalue weighted by atomic mass is 10.0. The summed E-state index contributed by atoms with van der Waals surface area (Å²) in [5, 5.41) is 2.53. The number of rotatable bonds is 8. The third-order valence-electron chi connectivity index (χ3n) is 4.60. The van der Waals surface area contributed by atoms with E-state index in [1.165, 1.54) is 18.0 Å². The Kier molecular flexibility index (Phi) is 7.55. The molecule has 0 bridgehead atoms. The molecule has 0 heterocycles. The lowest BCUT2D eigenvalue weighted by Crippen LogP contribution is -2.48. The Morgan fingerprint density at radius 2 is 1.71 bits per heavy atom. The second-order valence-corrected chi connectivity index (χ2v) is 6.88. The van der Waals surface area contributed by atoms with E-state index in [9.17, 15) is 14.0 Å². The topological polar surface area (TPSA) is 58.6 Å². The average molecular weight is 386 g/mol. The molecular formula is C22H27FN2O3. The molecule has 28 heavy (non-hydrogen) atoms. The van der Waals surface area contributed by atoms with Crippen LogP contribution in [0.3, 0.4) is 0 Å². The first kappa shape index (κ1) is 21.4. The zero-order valence-corrected chi connectivity index (χ0v) is 16.7. The predicted octanol–water partition coefficient (Wildman–Crippen LogP) is 3.49. The number of nitrogens with one attached hydrogen (secondary N) is 1. The van der Waals surface area contributed by atoms with E-state index < -0.39 is 17.8 Å². The van der Waals surface area contributed by atoms with Crippen molar-refractivity contribution in [1.29, 1.82) is 0 Å². The fraction of sp³-hybridized carbons (Fsp3) is 0.364. The summed E-state index contributed by atoms with van der Waals surface area (Å²) in [7, 11) is 1.50. The second kappa shape index (κ2) is 9.88. The van der Waals surface area contributed by atoms with E-state index in [1.54, 1.807) is 25.1 Å². The number of para-hydroxylation sites is 1. The molecule has 2 rings (SSSR count). The van der Waals surface area contributed by atoms with Crippen LogP contribution in [-0.4, -0.2) is 36.4 Å². The fourth-order valence-corrected chi connectivity index (χ4v) is 2.91. The van der Waals surface area contributed by atoms with E-state index in [2.05, 4.69) is 5.32 Å². The number of amides is 2. The number of likely N-dealkylation sites (N-methyl/N-ethyl adjacent to an activating group) is 1.